The fraction of sp³-hybridized carbons (Fsp3) is 0.947. The number of ketones is 1. The number of hydrogen-bond donors (Lipinski definition) is 4. The van der Waals surface area contributed by atoms with Crippen molar-refractivity contribution in [2.75, 3.05) is 0 Å². The van der Waals surface area contributed by atoms with Crippen molar-refractivity contribution in [1.82, 2.24) is 0 Å². The summed E-state index contributed by atoms with van der Waals surface area (Å²) in [7, 11) is 0. The van der Waals surface area contributed by atoms with Gasteiger partial charge in [0, 0.05) is 23.2 Å². The molecule has 0 aliphatic heterocycles. The summed E-state index contributed by atoms with van der Waals surface area (Å²) in [6.07, 6.45) is 0.157. The molecule has 0 unspecified atom stereocenters. The Morgan fingerprint density at radius 1 is 1.04 bits per heavy atom. The first-order valence-electron chi connectivity index (χ1n) is 9.36. The molecular weight excluding hydrogens is 308 g/mol. The van der Waals surface area contributed by atoms with Crippen LogP contribution in [0, 0.1) is 34.5 Å². The van der Waals surface area contributed by atoms with Gasteiger partial charge < -0.3 is 20.4 Å². The average molecular weight is 338 g/mol. The van der Waals surface area contributed by atoms with Crippen molar-refractivity contribution in [2.24, 2.45) is 34.5 Å². The lowest BCUT2D eigenvalue weighted by atomic mass is 9.59. The molecule has 0 amide bonds. The van der Waals surface area contributed by atoms with Crippen LogP contribution in [0.25, 0.3) is 0 Å². The zero-order chi connectivity index (χ0) is 17.7. The first-order chi connectivity index (χ1) is 11.1. The van der Waals surface area contributed by atoms with E-state index < -0.39 is 34.7 Å². The second-order valence-corrected chi connectivity index (χ2v) is 9.60. The molecule has 1 spiro atoms. The van der Waals surface area contributed by atoms with Crippen LogP contribution in [0.2, 0.25) is 0 Å². The quantitative estimate of drug-likeness (QED) is 0.525. The lowest BCUT2D eigenvalue weighted by molar-refractivity contribution is -0.178. The largest absolute Gasteiger partial charge is 0.392 e. The normalized spacial score (nSPS) is 59.0. The van der Waals surface area contributed by atoms with E-state index in [9.17, 15) is 25.2 Å². The van der Waals surface area contributed by atoms with Gasteiger partial charge in [0.25, 0.3) is 0 Å². The molecule has 0 saturated heterocycles. The minimum absolute atomic E-state index is 0.0464. The summed E-state index contributed by atoms with van der Waals surface area (Å²) in [5.41, 5.74) is -2.82. The number of rotatable bonds is 0. The number of aliphatic hydroxyl groups is 4. The highest BCUT2D eigenvalue weighted by molar-refractivity contribution is 5.85. The van der Waals surface area contributed by atoms with Crippen LogP contribution >= 0.6 is 0 Å². The number of aliphatic hydroxyl groups excluding tert-OH is 3. The Kier molecular flexibility index (Phi) is 3.40. The monoisotopic (exact) mass is 338 g/mol. The maximum atomic E-state index is 12.4. The maximum absolute atomic E-state index is 12.4. The van der Waals surface area contributed by atoms with E-state index in [-0.39, 0.29) is 35.9 Å². The molecule has 136 valence electrons. The van der Waals surface area contributed by atoms with Crippen molar-refractivity contribution in [1.29, 1.82) is 0 Å². The molecule has 2 bridgehead atoms. The molecule has 5 nitrogen and oxygen atoms in total. The molecule has 4 N–H and O–H groups in total. The number of carbonyl (C=O) groups excluding carboxylic acids is 1. The molecule has 4 saturated carbocycles. The Morgan fingerprint density at radius 3 is 2.38 bits per heavy atom. The molecule has 9 atom stereocenters. The Morgan fingerprint density at radius 2 is 1.71 bits per heavy atom. The smallest absolute Gasteiger partial charge is 0.139 e. The van der Waals surface area contributed by atoms with Crippen LogP contribution in [-0.2, 0) is 4.79 Å². The fourth-order valence-corrected chi connectivity index (χ4v) is 7.13. The van der Waals surface area contributed by atoms with Crippen molar-refractivity contribution in [2.45, 2.75) is 76.8 Å². The van der Waals surface area contributed by atoms with Crippen molar-refractivity contribution >= 4 is 5.78 Å². The first-order valence-corrected chi connectivity index (χ1v) is 9.36. The zero-order valence-corrected chi connectivity index (χ0v) is 14.8. The summed E-state index contributed by atoms with van der Waals surface area (Å²) in [5.74, 6) is -0.258. The molecule has 0 heterocycles. The van der Waals surface area contributed by atoms with E-state index in [2.05, 4.69) is 6.92 Å². The molecule has 4 aliphatic carbocycles. The van der Waals surface area contributed by atoms with E-state index in [1.54, 1.807) is 0 Å². The highest BCUT2D eigenvalue weighted by atomic mass is 16.4. The molecule has 0 aromatic rings. The summed E-state index contributed by atoms with van der Waals surface area (Å²) in [5, 5.41) is 44.1. The number of hydrogen-bond acceptors (Lipinski definition) is 5. The van der Waals surface area contributed by atoms with Gasteiger partial charge in [-0.2, -0.15) is 0 Å². The van der Waals surface area contributed by atoms with Crippen molar-refractivity contribution in [3.63, 3.8) is 0 Å². The number of carbonyl (C=O) groups is 1. The van der Waals surface area contributed by atoms with E-state index in [0.717, 1.165) is 6.42 Å². The van der Waals surface area contributed by atoms with Gasteiger partial charge in [-0.15, -0.1) is 0 Å². The molecule has 4 aliphatic rings. The average Bonchev–Trinajstić information content (AvgIpc) is 2.73. The van der Waals surface area contributed by atoms with Crippen LogP contribution in [0.5, 0.6) is 0 Å². The van der Waals surface area contributed by atoms with Crippen LogP contribution in [0.1, 0.15) is 52.9 Å². The lowest BCUT2D eigenvalue weighted by Gasteiger charge is -2.46. The van der Waals surface area contributed by atoms with E-state index in [4.69, 9.17) is 0 Å². The first kappa shape index (κ1) is 17.0. The lowest BCUT2D eigenvalue weighted by Crippen LogP contribution is -2.57. The minimum atomic E-state index is -1.39. The van der Waals surface area contributed by atoms with Gasteiger partial charge in [-0.05, 0) is 43.4 Å². The molecular formula is C19H30O5. The highest BCUT2D eigenvalue weighted by Crippen LogP contribution is 2.66. The topological polar surface area (TPSA) is 98.0 Å². The van der Waals surface area contributed by atoms with Crippen LogP contribution < -0.4 is 0 Å². The third-order valence-corrected chi connectivity index (χ3v) is 8.67. The molecule has 4 fully saturated rings. The second kappa shape index (κ2) is 4.81. The van der Waals surface area contributed by atoms with Gasteiger partial charge in [0.2, 0.25) is 0 Å². The van der Waals surface area contributed by atoms with Gasteiger partial charge in [0.15, 0.2) is 0 Å². The minimum Gasteiger partial charge on any atom is -0.392 e. The molecule has 24 heavy (non-hydrogen) atoms. The second-order valence-electron chi connectivity index (χ2n) is 9.60. The summed E-state index contributed by atoms with van der Waals surface area (Å²) < 4.78 is 0. The Balaban J connectivity index is 1.84. The summed E-state index contributed by atoms with van der Waals surface area (Å²) in [6, 6.07) is 0. The van der Waals surface area contributed by atoms with Crippen LogP contribution in [0.15, 0.2) is 0 Å². The maximum Gasteiger partial charge on any atom is 0.139 e. The molecule has 0 aromatic carbocycles. The predicted molar refractivity (Wildman–Crippen MR) is 86.9 cm³/mol. The predicted octanol–water partition coefficient (Wildman–Crippen LogP) is 0.871. The van der Waals surface area contributed by atoms with Crippen LogP contribution in [0.3, 0.4) is 0 Å². The number of fused-ring (bicyclic) bond motifs is 2. The third kappa shape index (κ3) is 1.67. The zero-order valence-electron chi connectivity index (χ0n) is 14.8. The molecule has 5 heteroatoms. The van der Waals surface area contributed by atoms with E-state index in [1.165, 1.54) is 0 Å². The van der Waals surface area contributed by atoms with Gasteiger partial charge >= 0.3 is 0 Å². The Labute approximate surface area is 143 Å². The van der Waals surface area contributed by atoms with E-state index >= 15 is 0 Å². The van der Waals surface area contributed by atoms with Gasteiger partial charge in [0.1, 0.15) is 11.4 Å². The van der Waals surface area contributed by atoms with Crippen molar-refractivity contribution in [3.05, 3.63) is 0 Å². The van der Waals surface area contributed by atoms with Crippen LogP contribution in [0.4, 0.5) is 0 Å². The fourth-order valence-electron chi connectivity index (χ4n) is 7.13. The van der Waals surface area contributed by atoms with E-state index in [0.29, 0.717) is 19.3 Å². The number of Topliss-reactive ketones (excluding diaryl/α,β-unsaturated/α-hetero) is 1. The summed E-state index contributed by atoms with van der Waals surface area (Å²) in [4.78, 5) is 12.4. The Bertz CT molecular complexity index is 574. The third-order valence-electron chi connectivity index (χ3n) is 8.67. The SMILES string of the molecule is C[C@H]1[C@@H]2CC[C@H]3C(=O)C[C@]2(C[C@@H](O)[C@@]2(O)[C@H]1C[C@H](O)C2(C)C)[C@@H]3O. The summed E-state index contributed by atoms with van der Waals surface area (Å²) in [6.45, 7) is 5.71. The van der Waals surface area contributed by atoms with Gasteiger partial charge in [-0.1, -0.05) is 20.8 Å². The van der Waals surface area contributed by atoms with Gasteiger partial charge in [-0.3, -0.25) is 4.79 Å². The van der Waals surface area contributed by atoms with Crippen molar-refractivity contribution in [3.8, 4) is 0 Å². The van der Waals surface area contributed by atoms with Crippen molar-refractivity contribution < 1.29 is 25.2 Å². The molecule has 0 aromatic heterocycles. The Hall–Kier alpha value is -0.490. The highest BCUT2D eigenvalue weighted by Gasteiger charge is 2.71. The van der Waals surface area contributed by atoms with E-state index in [1.807, 2.05) is 13.8 Å². The standard InChI is InChI=1S/C19H30O5/c1-9-11-5-4-10-13(20)7-18(11,16(10)23)8-15(22)19(24)12(9)6-14(21)17(19,2)3/h9-12,14-16,21-24H,4-8H2,1-3H3/t9-,10-,11-,12-,14-,15+,16+,18+,19-/m0/s1. The van der Waals surface area contributed by atoms with Gasteiger partial charge in [-0.25, -0.2) is 0 Å². The summed E-state index contributed by atoms with van der Waals surface area (Å²) >= 11 is 0. The molecule has 4 rings (SSSR count). The van der Waals surface area contributed by atoms with Gasteiger partial charge in [0.05, 0.1) is 18.3 Å². The molecule has 0 radical (unpaired) electrons. The van der Waals surface area contributed by atoms with Crippen LogP contribution in [-0.4, -0.2) is 50.1 Å².